The molecule has 42 heavy (non-hydrogen) atoms. The molecule has 3 aromatic carbocycles. The van der Waals surface area contributed by atoms with Gasteiger partial charge < -0.3 is 10.2 Å². The Morgan fingerprint density at radius 3 is 2.00 bits per heavy atom. The topological polar surface area (TPSA) is 86.8 Å². The molecule has 0 radical (unpaired) electrons. The molecule has 1 fully saturated rings. The molecule has 7 nitrogen and oxygen atoms in total. The molecule has 1 atom stereocenters. The zero-order valence-corrected chi connectivity index (χ0v) is 26.5. The second-order valence-electron chi connectivity index (χ2n) is 10.9. The second kappa shape index (κ2) is 13.9. The molecule has 0 aliphatic heterocycles. The molecule has 224 valence electrons. The Hall–Kier alpha value is -3.07. The van der Waals surface area contributed by atoms with Crippen molar-refractivity contribution in [3.8, 4) is 0 Å². The van der Waals surface area contributed by atoms with Crippen molar-refractivity contribution in [3.05, 3.63) is 93.5 Å². The van der Waals surface area contributed by atoms with Crippen LogP contribution in [0.3, 0.4) is 0 Å². The zero-order chi connectivity index (χ0) is 30.4. The van der Waals surface area contributed by atoms with Crippen molar-refractivity contribution in [2.45, 2.75) is 76.4 Å². The molecule has 3 aromatic rings. The van der Waals surface area contributed by atoms with E-state index >= 15 is 0 Å². The van der Waals surface area contributed by atoms with Gasteiger partial charge in [-0.05, 0) is 70.0 Å². The van der Waals surface area contributed by atoms with Gasteiger partial charge in [-0.25, -0.2) is 8.42 Å². The maximum absolute atomic E-state index is 14.1. The van der Waals surface area contributed by atoms with Gasteiger partial charge in [-0.3, -0.25) is 13.9 Å². The number of anilines is 1. The van der Waals surface area contributed by atoms with Gasteiger partial charge in [-0.1, -0.05) is 83.9 Å². The van der Waals surface area contributed by atoms with Crippen LogP contribution in [0.1, 0.15) is 55.7 Å². The minimum absolute atomic E-state index is 0.0422. The minimum Gasteiger partial charge on any atom is -0.352 e. The normalized spacial score (nSPS) is 14.7. The number of sulfonamides is 1. The van der Waals surface area contributed by atoms with Crippen LogP contribution < -0.4 is 9.62 Å². The lowest BCUT2D eigenvalue weighted by Gasteiger charge is -2.33. The van der Waals surface area contributed by atoms with Gasteiger partial charge in [0, 0.05) is 28.2 Å². The predicted octanol–water partition coefficient (Wildman–Crippen LogP) is 6.67. The zero-order valence-electron chi connectivity index (χ0n) is 24.1. The molecule has 0 bridgehead atoms. The number of aryl methyl sites for hydroxylation is 2. The van der Waals surface area contributed by atoms with E-state index in [0.29, 0.717) is 21.3 Å². The number of hydrogen-bond acceptors (Lipinski definition) is 4. The van der Waals surface area contributed by atoms with E-state index in [1.54, 1.807) is 61.5 Å². The third-order valence-corrected chi connectivity index (χ3v) is 10.2. The van der Waals surface area contributed by atoms with E-state index in [9.17, 15) is 18.0 Å². The van der Waals surface area contributed by atoms with E-state index in [4.69, 9.17) is 23.2 Å². The molecule has 4 rings (SSSR count). The molecule has 0 spiro atoms. The van der Waals surface area contributed by atoms with Crippen molar-refractivity contribution in [1.82, 2.24) is 10.2 Å². The van der Waals surface area contributed by atoms with Crippen molar-refractivity contribution in [1.29, 1.82) is 0 Å². The molecule has 1 N–H and O–H groups in total. The number of rotatable bonds is 10. The monoisotopic (exact) mass is 629 g/mol. The molecule has 0 saturated heterocycles. The van der Waals surface area contributed by atoms with Gasteiger partial charge >= 0.3 is 0 Å². The van der Waals surface area contributed by atoms with Crippen LogP contribution in [0.25, 0.3) is 0 Å². The van der Waals surface area contributed by atoms with Gasteiger partial charge in [0.2, 0.25) is 11.8 Å². The van der Waals surface area contributed by atoms with Crippen LogP contribution in [0.5, 0.6) is 0 Å². The average molecular weight is 631 g/mol. The van der Waals surface area contributed by atoms with Crippen molar-refractivity contribution < 1.29 is 18.0 Å². The third kappa shape index (κ3) is 7.65. The molecular formula is C32H37Cl2N3O4S. The Morgan fingerprint density at radius 1 is 0.881 bits per heavy atom. The van der Waals surface area contributed by atoms with Gasteiger partial charge in [0.15, 0.2) is 0 Å². The van der Waals surface area contributed by atoms with Crippen LogP contribution in [-0.2, 0) is 26.2 Å². The number of halogens is 2. The summed E-state index contributed by atoms with van der Waals surface area (Å²) < 4.78 is 29.0. The first-order valence-electron chi connectivity index (χ1n) is 14.2. The Kier molecular flexibility index (Phi) is 10.6. The lowest BCUT2D eigenvalue weighted by Crippen LogP contribution is -2.53. The first-order chi connectivity index (χ1) is 20.0. The molecule has 1 aliphatic carbocycles. The lowest BCUT2D eigenvalue weighted by atomic mass is 9.95. The Morgan fingerprint density at radius 2 is 1.43 bits per heavy atom. The molecule has 1 aliphatic rings. The lowest BCUT2D eigenvalue weighted by molar-refractivity contribution is -0.139. The predicted molar refractivity (Wildman–Crippen MR) is 168 cm³/mol. The number of benzene rings is 3. The molecule has 0 unspecified atom stereocenters. The van der Waals surface area contributed by atoms with Crippen molar-refractivity contribution in [2.24, 2.45) is 0 Å². The number of nitrogens with one attached hydrogen (secondary N) is 1. The fourth-order valence-corrected chi connectivity index (χ4v) is 7.01. The summed E-state index contributed by atoms with van der Waals surface area (Å²) >= 11 is 12.9. The van der Waals surface area contributed by atoms with E-state index in [1.165, 1.54) is 17.0 Å². The van der Waals surface area contributed by atoms with Crippen LogP contribution in [-0.4, -0.2) is 43.8 Å². The van der Waals surface area contributed by atoms with Crippen LogP contribution in [0.2, 0.25) is 10.0 Å². The first-order valence-corrected chi connectivity index (χ1v) is 16.4. The van der Waals surface area contributed by atoms with Crippen molar-refractivity contribution in [2.75, 3.05) is 10.8 Å². The van der Waals surface area contributed by atoms with Crippen LogP contribution in [0.4, 0.5) is 5.69 Å². The van der Waals surface area contributed by atoms with Gasteiger partial charge in [-0.15, -0.1) is 0 Å². The molecule has 10 heteroatoms. The highest BCUT2D eigenvalue weighted by Gasteiger charge is 2.33. The van der Waals surface area contributed by atoms with Gasteiger partial charge in [0.1, 0.15) is 12.6 Å². The summed E-state index contributed by atoms with van der Waals surface area (Å²) in [4.78, 5) is 29.0. The van der Waals surface area contributed by atoms with Crippen LogP contribution in [0.15, 0.2) is 71.6 Å². The van der Waals surface area contributed by atoms with Gasteiger partial charge in [0.05, 0.1) is 10.6 Å². The fourth-order valence-electron chi connectivity index (χ4n) is 5.08. The summed E-state index contributed by atoms with van der Waals surface area (Å²) in [5, 5.41) is 3.79. The Labute approximate surface area is 258 Å². The van der Waals surface area contributed by atoms with Gasteiger partial charge in [0.25, 0.3) is 10.0 Å². The quantitative estimate of drug-likeness (QED) is 0.271. The standard InChI is InChI=1S/C32H37Cl2N3O4S/c1-22-12-16-26(17-13-22)37(42(40,41)27-18-14-23(2)15-19-27)21-31(38)36(20-28-29(33)10-7-11-30(28)34)24(3)32(39)35-25-8-5-4-6-9-25/h7,10-19,24-25H,4-6,8-9,20-21H2,1-3H3,(H,35,39)/t24-/m0/s1. The summed E-state index contributed by atoms with van der Waals surface area (Å²) in [7, 11) is -4.14. The highest BCUT2D eigenvalue weighted by atomic mass is 35.5. The number of carbonyl (C=O) groups excluding carboxylic acids is 2. The molecule has 0 heterocycles. The van der Waals surface area contributed by atoms with Gasteiger partial charge in [-0.2, -0.15) is 0 Å². The number of nitrogens with zero attached hydrogens (tertiary/aromatic N) is 2. The van der Waals surface area contributed by atoms with Crippen LogP contribution in [0, 0.1) is 13.8 Å². The van der Waals surface area contributed by atoms with E-state index < -0.39 is 28.5 Å². The van der Waals surface area contributed by atoms with E-state index in [2.05, 4.69) is 5.32 Å². The maximum atomic E-state index is 14.1. The number of carbonyl (C=O) groups is 2. The van der Waals surface area contributed by atoms with Crippen LogP contribution >= 0.6 is 23.2 Å². The number of hydrogen-bond donors (Lipinski definition) is 1. The smallest absolute Gasteiger partial charge is 0.264 e. The summed E-state index contributed by atoms with van der Waals surface area (Å²) in [5.74, 6) is -0.866. The summed E-state index contributed by atoms with van der Waals surface area (Å²) in [6.45, 7) is 4.82. The molecule has 2 amide bonds. The Balaban J connectivity index is 1.70. The van der Waals surface area contributed by atoms with E-state index in [0.717, 1.165) is 47.5 Å². The first kappa shape index (κ1) is 31.9. The highest BCUT2D eigenvalue weighted by molar-refractivity contribution is 7.92. The summed E-state index contributed by atoms with van der Waals surface area (Å²) in [6, 6.07) is 17.6. The van der Waals surface area contributed by atoms with E-state index in [1.807, 2.05) is 13.8 Å². The maximum Gasteiger partial charge on any atom is 0.264 e. The largest absolute Gasteiger partial charge is 0.352 e. The number of amides is 2. The molecule has 1 saturated carbocycles. The summed E-state index contributed by atoms with van der Waals surface area (Å²) in [5.41, 5.74) is 2.67. The summed E-state index contributed by atoms with van der Waals surface area (Å²) in [6.07, 6.45) is 5.00. The second-order valence-corrected chi connectivity index (χ2v) is 13.6. The van der Waals surface area contributed by atoms with Crippen molar-refractivity contribution in [3.63, 3.8) is 0 Å². The van der Waals surface area contributed by atoms with Crippen molar-refractivity contribution >= 4 is 50.7 Å². The molecule has 0 aromatic heterocycles. The Bertz CT molecular complexity index is 1490. The average Bonchev–Trinajstić information content (AvgIpc) is 2.96. The fraction of sp³-hybridized carbons (Fsp3) is 0.375. The molecular weight excluding hydrogens is 593 g/mol. The SMILES string of the molecule is Cc1ccc(N(CC(=O)N(Cc2c(Cl)cccc2Cl)[C@@H](C)C(=O)NC2CCCCC2)S(=O)(=O)c2ccc(C)cc2)cc1. The minimum atomic E-state index is -4.14. The van der Waals surface area contributed by atoms with E-state index in [-0.39, 0.29) is 23.4 Å². The highest BCUT2D eigenvalue weighted by Crippen LogP contribution is 2.29. The third-order valence-electron chi connectivity index (χ3n) is 7.72.